The maximum atomic E-state index is 9.78. The first kappa shape index (κ1) is 7.40. The normalized spacial score (nSPS) is 13.8. The van der Waals surface area contributed by atoms with Gasteiger partial charge in [-0.3, -0.25) is 0 Å². The van der Waals surface area contributed by atoms with Crippen molar-refractivity contribution in [2.45, 2.75) is 0 Å². The first-order valence-corrected chi connectivity index (χ1v) is 1.76. The summed E-state index contributed by atoms with van der Waals surface area (Å²) in [6.07, 6.45) is 0. The van der Waals surface area contributed by atoms with Crippen LogP contribution >= 0.6 is 0 Å². The number of hydroxylamine groups is 2. The maximum Gasteiger partial charge on any atom is 0.400 e. The minimum atomic E-state index is -0.993. The van der Waals surface area contributed by atoms with Crippen LogP contribution in [0.3, 0.4) is 0 Å². The fraction of sp³-hybridized carbons (Fsp3) is 1.00. The molecule has 8 nitrogen and oxygen atoms in total. The molecule has 8 heteroatoms. The van der Waals surface area contributed by atoms with Crippen LogP contribution in [0.15, 0.2) is 10.6 Å². The molecule has 0 aromatic carbocycles. The van der Waals surface area contributed by atoms with E-state index in [2.05, 4.69) is 0 Å². The summed E-state index contributed by atoms with van der Waals surface area (Å²) in [6.45, 7) is -0.993. The highest BCUT2D eigenvalue weighted by Crippen LogP contribution is 1.76. The van der Waals surface area contributed by atoms with Crippen LogP contribution in [0.2, 0.25) is 0 Å². The summed E-state index contributed by atoms with van der Waals surface area (Å²) in [6, 6.07) is 0. The van der Waals surface area contributed by atoms with Gasteiger partial charge in [0.05, 0.1) is 0 Å². The fourth-order valence-corrected chi connectivity index (χ4v) is 0.155. The van der Waals surface area contributed by atoms with Crippen LogP contribution < -0.4 is 0 Å². The fourth-order valence-electron chi connectivity index (χ4n) is 0.155. The van der Waals surface area contributed by atoms with Gasteiger partial charge in [0.15, 0.2) is 0 Å². The Balaban J connectivity index is 3.75. The average molecular weight is 134 g/mol. The average Bonchev–Trinajstić information content (AvgIpc) is 1.87. The second kappa shape index (κ2) is 3.41. The van der Waals surface area contributed by atoms with Gasteiger partial charge in [0.25, 0.3) is 0 Å². The highest BCUT2D eigenvalue weighted by molar-refractivity contribution is 4.15. The molecule has 9 heavy (non-hydrogen) atoms. The van der Waals surface area contributed by atoms with Crippen molar-refractivity contribution >= 4 is 0 Å². The minimum absolute atomic E-state index is 0.506. The van der Waals surface area contributed by atoms with Gasteiger partial charge in [0.1, 0.15) is 0 Å². The van der Waals surface area contributed by atoms with E-state index in [4.69, 9.17) is 0 Å². The Morgan fingerprint density at radius 3 is 1.56 bits per heavy atom. The Bertz CT molecular complexity index is 124. The quantitative estimate of drug-likeness (QED) is 0.225. The molecule has 0 aliphatic heterocycles. The second-order valence-electron chi connectivity index (χ2n) is 1.01. The molecule has 0 unspecified atom stereocenters. The van der Waals surface area contributed by atoms with Crippen molar-refractivity contribution in [1.82, 2.24) is 0 Å². The zero-order valence-corrected chi connectivity index (χ0v) is 4.13. The van der Waals surface area contributed by atoms with E-state index in [9.17, 15) is 20.8 Å². The van der Waals surface area contributed by atoms with E-state index in [-0.39, 0.29) is 0 Å². The highest BCUT2D eigenvalue weighted by Gasteiger charge is 1.96. The standard InChI is InChI=1S/CH4N4O4/c6-2-4(8)1-5(9)3-7/h6-7H,1H2/p-2/b4-2-,5-3?. The van der Waals surface area contributed by atoms with Gasteiger partial charge in [0.2, 0.25) is 0 Å². The minimum Gasteiger partial charge on any atom is -0.739 e. The van der Waals surface area contributed by atoms with Gasteiger partial charge in [-0.25, -0.2) is 0 Å². The lowest BCUT2D eigenvalue weighted by Crippen LogP contribution is -2.12. The van der Waals surface area contributed by atoms with E-state index < -0.39 is 16.4 Å². The van der Waals surface area contributed by atoms with Crippen molar-refractivity contribution in [3.8, 4) is 0 Å². The van der Waals surface area contributed by atoms with Crippen LogP contribution in [0.1, 0.15) is 0 Å². The summed E-state index contributed by atoms with van der Waals surface area (Å²) in [7, 11) is 0. The Morgan fingerprint density at radius 2 is 1.33 bits per heavy atom. The third-order valence-corrected chi connectivity index (χ3v) is 0.424. The molecule has 0 spiro atoms. The first-order valence-electron chi connectivity index (χ1n) is 1.76. The molecule has 0 aromatic heterocycles. The van der Waals surface area contributed by atoms with Gasteiger partial charge in [-0.15, -0.1) is 0 Å². The van der Waals surface area contributed by atoms with Crippen LogP contribution in [-0.4, -0.2) is 16.4 Å². The summed E-state index contributed by atoms with van der Waals surface area (Å²) >= 11 is 0. The Hall–Kier alpha value is -1.60. The molecule has 0 saturated carbocycles. The van der Waals surface area contributed by atoms with Crippen LogP contribution in [0.5, 0.6) is 0 Å². The van der Waals surface area contributed by atoms with E-state index >= 15 is 0 Å². The SMILES string of the molecule is [O-]N=[N+]([O-])C/[N+]([O-])=N/[O-]. The zero-order valence-electron chi connectivity index (χ0n) is 4.13. The third-order valence-electron chi connectivity index (χ3n) is 0.424. The predicted octanol–water partition coefficient (Wildman–Crippen LogP) is -0.136. The van der Waals surface area contributed by atoms with Crippen LogP contribution in [-0.2, 0) is 0 Å². The molecular weight excluding hydrogens is 132 g/mol. The van der Waals surface area contributed by atoms with E-state index in [1.54, 1.807) is 10.6 Å². The van der Waals surface area contributed by atoms with Crippen molar-refractivity contribution in [3.63, 3.8) is 0 Å². The van der Waals surface area contributed by atoms with E-state index in [0.29, 0.717) is 0 Å². The highest BCUT2D eigenvalue weighted by atomic mass is 16.6. The topological polar surface area (TPSA) is 123 Å². The molecule has 0 saturated heterocycles. The summed E-state index contributed by atoms with van der Waals surface area (Å²) < 4.78 is 0. The predicted molar refractivity (Wildman–Crippen MR) is 23.7 cm³/mol. The van der Waals surface area contributed by atoms with Crippen LogP contribution in [0.25, 0.3) is 0 Å². The molecule has 0 aliphatic rings. The molecule has 0 bridgehead atoms. The summed E-state index contributed by atoms with van der Waals surface area (Å²) in [5.41, 5.74) is 0. The zero-order chi connectivity index (χ0) is 7.28. The lowest BCUT2D eigenvalue weighted by Gasteiger charge is -2.00. The van der Waals surface area contributed by atoms with E-state index in [1.165, 1.54) is 0 Å². The van der Waals surface area contributed by atoms with Gasteiger partial charge >= 0.3 is 6.67 Å². The summed E-state index contributed by atoms with van der Waals surface area (Å²) in [5.74, 6) is 0. The number of hydrogen-bond acceptors (Lipinski definition) is 6. The maximum absolute atomic E-state index is 9.78. The van der Waals surface area contributed by atoms with Crippen molar-refractivity contribution in [2.75, 3.05) is 6.67 Å². The Morgan fingerprint density at radius 1 is 1.00 bits per heavy atom. The van der Waals surface area contributed by atoms with Crippen molar-refractivity contribution in [1.29, 1.82) is 0 Å². The largest absolute Gasteiger partial charge is 0.739 e. The van der Waals surface area contributed by atoms with Gasteiger partial charge < -0.3 is 20.8 Å². The monoisotopic (exact) mass is 134 g/mol. The third kappa shape index (κ3) is 3.02. The Labute approximate surface area is 49.0 Å². The number of hydrogen-bond donors (Lipinski definition) is 0. The van der Waals surface area contributed by atoms with E-state index in [0.717, 1.165) is 0 Å². The lowest BCUT2D eigenvalue weighted by molar-refractivity contribution is -0.729. The van der Waals surface area contributed by atoms with Gasteiger partial charge in [-0.1, -0.05) is 0 Å². The van der Waals surface area contributed by atoms with Gasteiger partial charge in [-0.2, -0.15) is 0 Å². The number of nitrogens with zero attached hydrogens (tertiary/aromatic N) is 4. The van der Waals surface area contributed by atoms with Crippen molar-refractivity contribution in [3.05, 3.63) is 20.8 Å². The van der Waals surface area contributed by atoms with Gasteiger partial charge in [0, 0.05) is 0 Å². The van der Waals surface area contributed by atoms with Crippen molar-refractivity contribution < 1.29 is 9.72 Å². The molecule has 0 aromatic rings. The smallest absolute Gasteiger partial charge is 0.400 e. The van der Waals surface area contributed by atoms with Crippen molar-refractivity contribution in [2.24, 2.45) is 10.6 Å². The molecule has 0 fully saturated rings. The summed E-state index contributed by atoms with van der Waals surface area (Å²) in [4.78, 5) is -1.01. The molecule has 0 heterocycles. The first-order chi connectivity index (χ1) is 4.20. The van der Waals surface area contributed by atoms with Gasteiger partial charge in [-0.05, 0) is 20.3 Å². The molecule has 52 valence electrons. The van der Waals surface area contributed by atoms with Crippen LogP contribution in [0.4, 0.5) is 0 Å². The Kier molecular flexibility index (Phi) is 2.80. The molecule has 0 rings (SSSR count). The van der Waals surface area contributed by atoms with E-state index in [1.807, 2.05) is 0 Å². The second-order valence-corrected chi connectivity index (χ2v) is 1.01. The summed E-state index contributed by atoms with van der Waals surface area (Å²) in [5, 5.41) is 41.5. The lowest BCUT2D eigenvalue weighted by atomic mass is 11.2. The molecule has 0 amide bonds. The molecular formula is CH2N4O4-2. The molecule has 0 atom stereocenters. The molecule has 0 aliphatic carbocycles. The number of rotatable bonds is 2. The molecule has 0 N–H and O–H groups in total. The van der Waals surface area contributed by atoms with Crippen LogP contribution in [0, 0.1) is 20.8 Å². The molecule has 0 radical (unpaired) electrons.